The minimum atomic E-state index is -0.287. The van der Waals surface area contributed by atoms with Crippen LogP contribution in [-0.4, -0.2) is 18.3 Å². The Balaban J connectivity index is 3.21. The molecule has 0 saturated heterocycles. The third-order valence-electron chi connectivity index (χ3n) is 0.942. The maximum atomic E-state index is 10.2. The van der Waals surface area contributed by atoms with E-state index in [4.69, 9.17) is 11.5 Å². The highest BCUT2D eigenvalue weighted by atomic mass is 16.1. The van der Waals surface area contributed by atoms with Crippen molar-refractivity contribution in [2.75, 3.05) is 6.54 Å². The van der Waals surface area contributed by atoms with Gasteiger partial charge in [0.15, 0.2) is 0 Å². The minimum Gasteiger partial charge on any atom is -0.388 e. The van der Waals surface area contributed by atoms with Crippen LogP contribution in [-0.2, 0) is 4.79 Å². The highest BCUT2D eigenvalue weighted by molar-refractivity contribution is 5.77. The summed E-state index contributed by atoms with van der Waals surface area (Å²) >= 11 is 0. The second-order valence-electron chi connectivity index (χ2n) is 2.09. The number of nitrogens with zero attached hydrogens (tertiary/aromatic N) is 1. The van der Waals surface area contributed by atoms with E-state index >= 15 is 0 Å². The Hall–Kier alpha value is -1.06. The molecular weight excluding hydrogens is 130 g/mol. The molecule has 0 aliphatic carbocycles. The Labute approximate surface area is 60.3 Å². The molecule has 4 N–H and O–H groups in total. The zero-order valence-electron chi connectivity index (χ0n) is 6.13. The van der Waals surface area contributed by atoms with Crippen molar-refractivity contribution in [1.29, 1.82) is 0 Å². The standard InChI is InChI=1S/C6H13N3O/c1-5(7)9-4-2-3-6(8)10/h2-4H2,1H3,(H2,7,9)(H2,8,10). The fraction of sp³-hybridized carbons (Fsp3) is 0.667. The van der Waals surface area contributed by atoms with Gasteiger partial charge in [-0.05, 0) is 13.3 Å². The van der Waals surface area contributed by atoms with E-state index in [-0.39, 0.29) is 5.91 Å². The number of hydrogen-bond acceptors (Lipinski definition) is 2. The fourth-order valence-electron chi connectivity index (χ4n) is 0.509. The Bertz CT molecular complexity index is 138. The van der Waals surface area contributed by atoms with Crippen molar-refractivity contribution in [3.8, 4) is 0 Å². The molecule has 4 nitrogen and oxygen atoms in total. The fourth-order valence-corrected chi connectivity index (χ4v) is 0.509. The van der Waals surface area contributed by atoms with Crippen LogP contribution in [0, 0.1) is 0 Å². The van der Waals surface area contributed by atoms with Crippen molar-refractivity contribution in [1.82, 2.24) is 0 Å². The molecule has 0 aliphatic rings. The summed E-state index contributed by atoms with van der Waals surface area (Å²) in [5.74, 6) is 0.259. The van der Waals surface area contributed by atoms with Crippen LogP contribution >= 0.6 is 0 Å². The van der Waals surface area contributed by atoms with Crippen molar-refractivity contribution in [3.63, 3.8) is 0 Å². The summed E-state index contributed by atoms with van der Waals surface area (Å²) < 4.78 is 0. The Kier molecular flexibility index (Phi) is 4.28. The second kappa shape index (κ2) is 4.78. The van der Waals surface area contributed by atoms with Crippen molar-refractivity contribution < 1.29 is 4.79 Å². The molecule has 0 bridgehead atoms. The van der Waals surface area contributed by atoms with Crippen LogP contribution in [0.1, 0.15) is 19.8 Å². The van der Waals surface area contributed by atoms with Gasteiger partial charge in [-0.1, -0.05) is 0 Å². The molecule has 0 unspecified atom stereocenters. The number of nitrogens with two attached hydrogens (primary N) is 2. The highest BCUT2D eigenvalue weighted by Gasteiger charge is 1.91. The van der Waals surface area contributed by atoms with Crippen LogP contribution in [0.25, 0.3) is 0 Å². The number of carbonyl (C=O) groups is 1. The van der Waals surface area contributed by atoms with Gasteiger partial charge in [0.1, 0.15) is 0 Å². The van der Waals surface area contributed by atoms with Crippen LogP contribution < -0.4 is 11.5 Å². The SMILES string of the molecule is CC(N)=NCCCC(N)=O. The number of carbonyl (C=O) groups excluding carboxylic acids is 1. The van der Waals surface area contributed by atoms with Gasteiger partial charge in [0.25, 0.3) is 0 Å². The summed E-state index contributed by atoms with van der Waals surface area (Å²) in [4.78, 5) is 14.1. The molecule has 0 aliphatic heterocycles. The third-order valence-corrected chi connectivity index (χ3v) is 0.942. The minimum absolute atomic E-state index is 0.287. The zero-order chi connectivity index (χ0) is 7.98. The van der Waals surface area contributed by atoms with Crippen LogP contribution in [0.5, 0.6) is 0 Å². The molecule has 0 fully saturated rings. The molecule has 0 heterocycles. The van der Waals surface area contributed by atoms with E-state index in [0.29, 0.717) is 25.2 Å². The van der Waals surface area contributed by atoms with Gasteiger partial charge >= 0.3 is 0 Å². The molecule has 0 atom stereocenters. The van der Waals surface area contributed by atoms with E-state index < -0.39 is 0 Å². The summed E-state index contributed by atoms with van der Waals surface area (Å²) in [7, 11) is 0. The average Bonchev–Trinajstić information content (AvgIpc) is 1.79. The normalized spacial score (nSPS) is 11.5. The molecule has 0 aromatic heterocycles. The van der Waals surface area contributed by atoms with Gasteiger partial charge in [0, 0.05) is 13.0 Å². The number of hydrogen-bond donors (Lipinski definition) is 2. The summed E-state index contributed by atoms with van der Waals surface area (Å²) in [5, 5.41) is 0. The lowest BCUT2D eigenvalue weighted by Gasteiger charge is -1.92. The van der Waals surface area contributed by atoms with E-state index in [1.807, 2.05) is 0 Å². The van der Waals surface area contributed by atoms with E-state index in [1.165, 1.54) is 0 Å². The Morgan fingerprint density at radius 3 is 2.50 bits per heavy atom. The van der Waals surface area contributed by atoms with Crippen molar-refractivity contribution >= 4 is 11.7 Å². The number of rotatable bonds is 4. The van der Waals surface area contributed by atoms with Gasteiger partial charge < -0.3 is 11.5 Å². The molecule has 0 aromatic carbocycles. The maximum absolute atomic E-state index is 10.2. The first kappa shape index (κ1) is 8.94. The van der Waals surface area contributed by atoms with Crippen LogP contribution in [0.3, 0.4) is 0 Å². The molecule has 58 valence electrons. The number of primary amides is 1. The predicted octanol–water partition coefficient (Wildman–Crippen LogP) is -0.371. The second-order valence-corrected chi connectivity index (χ2v) is 2.09. The van der Waals surface area contributed by atoms with Crippen molar-refractivity contribution in [3.05, 3.63) is 0 Å². The van der Waals surface area contributed by atoms with E-state index in [9.17, 15) is 4.79 Å². The lowest BCUT2D eigenvalue weighted by atomic mass is 10.3. The van der Waals surface area contributed by atoms with Gasteiger partial charge in [-0.2, -0.15) is 0 Å². The largest absolute Gasteiger partial charge is 0.388 e. The Morgan fingerprint density at radius 1 is 1.50 bits per heavy atom. The highest BCUT2D eigenvalue weighted by Crippen LogP contribution is 1.87. The van der Waals surface area contributed by atoms with E-state index in [1.54, 1.807) is 6.92 Å². The maximum Gasteiger partial charge on any atom is 0.217 e. The van der Waals surface area contributed by atoms with Gasteiger partial charge in [-0.25, -0.2) is 0 Å². The van der Waals surface area contributed by atoms with Crippen LogP contribution in [0.15, 0.2) is 4.99 Å². The average molecular weight is 143 g/mol. The van der Waals surface area contributed by atoms with E-state index in [0.717, 1.165) is 0 Å². The van der Waals surface area contributed by atoms with Gasteiger partial charge in [0.2, 0.25) is 5.91 Å². The van der Waals surface area contributed by atoms with E-state index in [2.05, 4.69) is 4.99 Å². The molecule has 0 rings (SSSR count). The van der Waals surface area contributed by atoms with Gasteiger partial charge in [-0.3, -0.25) is 9.79 Å². The molecule has 0 aromatic rings. The van der Waals surface area contributed by atoms with Crippen LogP contribution in [0.4, 0.5) is 0 Å². The van der Waals surface area contributed by atoms with Gasteiger partial charge in [-0.15, -0.1) is 0 Å². The molecule has 4 heteroatoms. The molecule has 10 heavy (non-hydrogen) atoms. The first-order valence-corrected chi connectivity index (χ1v) is 3.17. The smallest absolute Gasteiger partial charge is 0.217 e. The first-order chi connectivity index (χ1) is 4.63. The van der Waals surface area contributed by atoms with Crippen molar-refractivity contribution in [2.45, 2.75) is 19.8 Å². The zero-order valence-corrected chi connectivity index (χ0v) is 6.13. The molecule has 0 spiro atoms. The number of aliphatic imine (C=N–C) groups is 1. The summed E-state index contributed by atoms with van der Waals surface area (Å²) in [6.07, 6.45) is 1.07. The van der Waals surface area contributed by atoms with Gasteiger partial charge in [0.05, 0.1) is 5.84 Å². The van der Waals surface area contributed by atoms with Crippen LogP contribution in [0.2, 0.25) is 0 Å². The third kappa shape index (κ3) is 6.94. The monoisotopic (exact) mass is 143 g/mol. The summed E-state index contributed by atoms with van der Waals surface area (Å²) in [6.45, 7) is 2.30. The topological polar surface area (TPSA) is 81.5 Å². The molecular formula is C6H13N3O. The first-order valence-electron chi connectivity index (χ1n) is 3.17. The number of amides is 1. The summed E-state index contributed by atoms with van der Waals surface area (Å²) in [5.41, 5.74) is 10.1. The quantitative estimate of drug-likeness (QED) is 0.320. The van der Waals surface area contributed by atoms with Crippen molar-refractivity contribution in [2.24, 2.45) is 16.5 Å². The Morgan fingerprint density at radius 2 is 2.10 bits per heavy atom. The molecule has 0 radical (unpaired) electrons. The number of amidine groups is 1. The lowest BCUT2D eigenvalue weighted by molar-refractivity contribution is -0.118. The molecule has 1 amide bonds. The summed E-state index contributed by atoms with van der Waals surface area (Å²) in [6, 6.07) is 0. The predicted molar refractivity (Wildman–Crippen MR) is 40.6 cm³/mol. The lowest BCUT2D eigenvalue weighted by Crippen LogP contribution is -2.11. The molecule has 0 saturated carbocycles.